The maximum Gasteiger partial charge on any atom is 0.287 e. The van der Waals surface area contributed by atoms with Crippen molar-refractivity contribution in [3.63, 3.8) is 0 Å². The van der Waals surface area contributed by atoms with Crippen LogP contribution in [0.15, 0.2) is 59.3 Å². The number of nitrogens with zero attached hydrogens (tertiary/aromatic N) is 2. The fourth-order valence-electron chi connectivity index (χ4n) is 2.18. The van der Waals surface area contributed by atoms with Gasteiger partial charge in [-0.25, -0.2) is 4.68 Å². The molecule has 0 aliphatic rings. The molecule has 0 spiro atoms. The third-order valence-electron chi connectivity index (χ3n) is 3.33. The maximum atomic E-state index is 12.0. The first-order chi connectivity index (χ1) is 11.3. The number of aromatic nitrogens is 2. The Hall–Kier alpha value is -2.86. The van der Waals surface area contributed by atoms with Crippen molar-refractivity contribution >= 4 is 5.91 Å². The molecule has 0 saturated heterocycles. The van der Waals surface area contributed by atoms with Crippen molar-refractivity contribution in [2.75, 3.05) is 7.11 Å². The van der Waals surface area contributed by atoms with Gasteiger partial charge in [0.25, 0.3) is 5.91 Å². The highest BCUT2D eigenvalue weighted by molar-refractivity contribution is 5.91. The minimum absolute atomic E-state index is 0.247. The van der Waals surface area contributed by atoms with Gasteiger partial charge in [-0.15, -0.1) is 0 Å². The third kappa shape index (κ3) is 3.67. The van der Waals surface area contributed by atoms with Gasteiger partial charge in [-0.1, -0.05) is 12.1 Å². The number of methoxy groups -OCH3 is 1. The number of amides is 1. The molecule has 1 amide bonds. The minimum atomic E-state index is -0.247. The predicted molar refractivity (Wildman–Crippen MR) is 84.2 cm³/mol. The van der Waals surface area contributed by atoms with E-state index in [2.05, 4.69) is 10.4 Å². The number of carbonyl (C=O) groups is 1. The van der Waals surface area contributed by atoms with Gasteiger partial charge in [0, 0.05) is 26.0 Å². The number of hydrogen-bond donors (Lipinski definition) is 1. The van der Waals surface area contributed by atoms with Crippen LogP contribution >= 0.6 is 0 Å². The van der Waals surface area contributed by atoms with Gasteiger partial charge in [0.05, 0.1) is 5.69 Å². The number of benzene rings is 1. The molecule has 0 fully saturated rings. The Morgan fingerprint density at radius 2 is 2.09 bits per heavy atom. The van der Waals surface area contributed by atoms with Crippen LogP contribution in [0.1, 0.15) is 21.9 Å². The molecule has 2 aromatic heterocycles. The van der Waals surface area contributed by atoms with Crippen LogP contribution < -0.4 is 5.32 Å². The summed E-state index contributed by atoms with van der Waals surface area (Å²) in [5.41, 5.74) is 1.97. The topological polar surface area (TPSA) is 69.3 Å². The third-order valence-corrected chi connectivity index (χ3v) is 3.33. The molecule has 0 unspecified atom stereocenters. The van der Waals surface area contributed by atoms with Crippen LogP contribution in [0.5, 0.6) is 0 Å². The second kappa shape index (κ2) is 6.93. The van der Waals surface area contributed by atoms with Crippen molar-refractivity contribution in [3.8, 4) is 5.69 Å². The van der Waals surface area contributed by atoms with Crippen LogP contribution in [-0.4, -0.2) is 22.8 Å². The smallest absolute Gasteiger partial charge is 0.287 e. The number of ether oxygens (including phenoxy) is 1. The van der Waals surface area contributed by atoms with Gasteiger partial charge in [-0.2, -0.15) is 5.10 Å². The summed E-state index contributed by atoms with van der Waals surface area (Å²) in [6.45, 7) is 0.778. The highest BCUT2D eigenvalue weighted by Crippen LogP contribution is 2.11. The summed E-state index contributed by atoms with van der Waals surface area (Å²) < 4.78 is 12.1. The standard InChI is InChI=1S/C17H17N3O3/c1-22-12-15-7-8-16(23-15)17(21)18-11-13-3-5-14(6-4-13)20-10-2-9-19-20/h2-10H,11-12H2,1H3,(H,18,21). The van der Waals surface area contributed by atoms with E-state index in [-0.39, 0.29) is 11.7 Å². The molecular weight excluding hydrogens is 294 g/mol. The lowest BCUT2D eigenvalue weighted by atomic mass is 10.2. The molecule has 0 radical (unpaired) electrons. The summed E-state index contributed by atoms with van der Waals surface area (Å²) in [7, 11) is 1.58. The van der Waals surface area contributed by atoms with Crippen LogP contribution in [0.25, 0.3) is 5.69 Å². The summed E-state index contributed by atoms with van der Waals surface area (Å²) in [5, 5.41) is 7.00. The van der Waals surface area contributed by atoms with Crippen molar-refractivity contribution < 1.29 is 13.9 Å². The predicted octanol–water partition coefficient (Wildman–Crippen LogP) is 2.54. The van der Waals surface area contributed by atoms with E-state index in [4.69, 9.17) is 9.15 Å². The van der Waals surface area contributed by atoms with Gasteiger partial charge < -0.3 is 14.5 Å². The van der Waals surface area contributed by atoms with E-state index in [0.29, 0.717) is 18.9 Å². The minimum Gasteiger partial charge on any atom is -0.453 e. The zero-order chi connectivity index (χ0) is 16.1. The van der Waals surface area contributed by atoms with Gasteiger partial charge in [0.15, 0.2) is 5.76 Å². The average Bonchev–Trinajstić information content (AvgIpc) is 3.25. The van der Waals surface area contributed by atoms with E-state index in [9.17, 15) is 4.79 Å². The molecule has 2 heterocycles. The van der Waals surface area contributed by atoms with E-state index in [1.54, 1.807) is 30.1 Å². The molecule has 3 rings (SSSR count). The molecule has 1 N–H and O–H groups in total. The zero-order valence-electron chi connectivity index (χ0n) is 12.7. The summed E-state index contributed by atoms with van der Waals surface area (Å²) in [5.74, 6) is 0.662. The molecule has 23 heavy (non-hydrogen) atoms. The molecule has 6 heteroatoms. The average molecular weight is 311 g/mol. The first-order valence-electron chi connectivity index (χ1n) is 7.21. The van der Waals surface area contributed by atoms with Crippen molar-refractivity contribution in [3.05, 3.63) is 71.9 Å². The Balaban J connectivity index is 1.58. The monoisotopic (exact) mass is 311 g/mol. The molecule has 3 aromatic rings. The van der Waals surface area contributed by atoms with Gasteiger partial charge >= 0.3 is 0 Å². The Morgan fingerprint density at radius 3 is 2.78 bits per heavy atom. The van der Waals surface area contributed by atoms with E-state index in [1.165, 1.54) is 0 Å². The fraction of sp³-hybridized carbons (Fsp3) is 0.176. The van der Waals surface area contributed by atoms with E-state index in [0.717, 1.165) is 11.3 Å². The lowest BCUT2D eigenvalue weighted by molar-refractivity contribution is 0.0914. The molecule has 0 aliphatic carbocycles. The number of rotatable bonds is 6. The van der Waals surface area contributed by atoms with E-state index >= 15 is 0 Å². The quantitative estimate of drug-likeness (QED) is 0.759. The molecule has 118 valence electrons. The van der Waals surface area contributed by atoms with Crippen molar-refractivity contribution in [2.24, 2.45) is 0 Å². The highest BCUT2D eigenvalue weighted by Gasteiger charge is 2.10. The second-order valence-electron chi connectivity index (χ2n) is 5.00. The van der Waals surface area contributed by atoms with Crippen LogP contribution in [0, 0.1) is 0 Å². The normalized spacial score (nSPS) is 10.7. The van der Waals surface area contributed by atoms with Crippen molar-refractivity contribution in [1.82, 2.24) is 15.1 Å². The molecule has 0 bridgehead atoms. The second-order valence-corrected chi connectivity index (χ2v) is 5.00. The van der Waals surface area contributed by atoms with Gasteiger partial charge in [-0.05, 0) is 35.9 Å². The molecule has 6 nitrogen and oxygen atoms in total. The highest BCUT2D eigenvalue weighted by atomic mass is 16.5. The molecule has 0 atom stereocenters. The molecule has 0 saturated carbocycles. The van der Waals surface area contributed by atoms with Crippen LogP contribution in [0.4, 0.5) is 0 Å². The summed E-state index contributed by atoms with van der Waals surface area (Å²) in [6, 6.07) is 13.1. The Labute approximate surface area is 133 Å². The molecule has 1 aromatic carbocycles. The molecular formula is C17H17N3O3. The van der Waals surface area contributed by atoms with Gasteiger partial charge in [0.2, 0.25) is 0 Å². The lowest BCUT2D eigenvalue weighted by Gasteiger charge is -2.05. The zero-order valence-corrected chi connectivity index (χ0v) is 12.7. The SMILES string of the molecule is COCc1ccc(C(=O)NCc2ccc(-n3cccn3)cc2)o1. The van der Waals surface area contributed by atoms with Crippen LogP contribution in [0.2, 0.25) is 0 Å². The number of hydrogen-bond acceptors (Lipinski definition) is 4. The van der Waals surface area contributed by atoms with Gasteiger partial charge in [-0.3, -0.25) is 4.79 Å². The van der Waals surface area contributed by atoms with Crippen molar-refractivity contribution in [2.45, 2.75) is 13.2 Å². The largest absolute Gasteiger partial charge is 0.453 e. The summed E-state index contributed by atoms with van der Waals surface area (Å²) >= 11 is 0. The van der Waals surface area contributed by atoms with Gasteiger partial charge in [0.1, 0.15) is 12.4 Å². The first-order valence-corrected chi connectivity index (χ1v) is 7.21. The number of furan rings is 1. The summed E-state index contributed by atoms with van der Waals surface area (Å²) in [4.78, 5) is 12.0. The van der Waals surface area contributed by atoms with E-state index in [1.807, 2.05) is 36.5 Å². The van der Waals surface area contributed by atoms with Crippen molar-refractivity contribution in [1.29, 1.82) is 0 Å². The van der Waals surface area contributed by atoms with E-state index < -0.39 is 0 Å². The van der Waals surface area contributed by atoms with Crippen LogP contribution in [0.3, 0.4) is 0 Å². The Morgan fingerprint density at radius 1 is 1.26 bits per heavy atom. The van der Waals surface area contributed by atoms with Crippen LogP contribution in [-0.2, 0) is 17.9 Å². The summed E-state index contributed by atoms with van der Waals surface area (Å²) in [6.07, 6.45) is 3.61. The Kier molecular flexibility index (Phi) is 4.54. The fourth-order valence-corrected chi connectivity index (χ4v) is 2.18. The number of nitrogens with one attached hydrogen (secondary N) is 1. The first kappa shape index (κ1) is 15.1. The number of carbonyl (C=O) groups excluding carboxylic acids is 1. The molecule has 0 aliphatic heterocycles. The Bertz CT molecular complexity index is 761. The lowest BCUT2D eigenvalue weighted by Crippen LogP contribution is -2.22. The maximum absolute atomic E-state index is 12.0.